The van der Waals surface area contributed by atoms with Crippen LogP contribution >= 0.6 is 0 Å². The summed E-state index contributed by atoms with van der Waals surface area (Å²) in [7, 11) is 1.31. The zero-order valence-electron chi connectivity index (χ0n) is 6.92. The molecule has 0 aliphatic carbocycles. The van der Waals surface area contributed by atoms with Crippen molar-refractivity contribution in [2.24, 2.45) is 0 Å². The van der Waals surface area contributed by atoms with Crippen molar-refractivity contribution in [3.05, 3.63) is 29.3 Å². The number of hydrogen-bond acceptors (Lipinski definition) is 2. The summed E-state index contributed by atoms with van der Waals surface area (Å²) in [5, 5.41) is 8.47. The summed E-state index contributed by atoms with van der Waals surface area (Å²) < 4.78 is 29.4. The van der Waals surface area contributed by atoms with Gasteiger partial charge in [0.25, 0.3) is 6.43 Å². The second-order valence-corrected chi connectivity index (χ2v) is 2.37. The van der Waals surface area contributed by atoms with E-state index in [2.05, 4.69) is 0 Å². The van der Waals surface area contributed by atoms with Gasteiger partial charge in [-0.25, -0.2) is 8.78 Å². The van der Waals surface area contributed by atoms with E-state index in [0.29, 0.717) is 0 Å². The summed E-state index contributed by atoms with van der Waals surface area (Å²) in [5.41, 5.74) is -0.0438. The maximum Gasteiger partial charge on any atom is 0.267 e. The van der Waals surface area contributed by atoms with Crippen LogP contribution in [-0.2, 0) is 0 Å². The van der Waals surface area contributed by atoms with Crippen LogP contribution in [0.3, 0.4) is 0 Å². The van der Waals surface area contributed by atoms with Crippen LogP contribution in [0.4, 0.5) is 8.78 Å². The van der Waals surface area contributed by atoms with E-state index in [1.165, 1.54) is 19.2 Å². The van der Waals surface area contributed by atoms with Gasteiger partial charge in [0, 0.05) is 0 Å². The summed E-state index contributed by atoms with van der Waals surface area (Å²) in [4.78, 5) is 0. The summed E-state index contributed by atoms with van der Waals surface area (Å²) in [6.07, 6.45) is -2.62. The zero-order chi connectivity index (χ0) is 9.84. The number of nitrogens with zero attached hydrogens (tertiary/aromatic N) is 1. The summed E-state index contributed by atoms with van der Waals surface area (Å²) in [6, 6.07) is 5.71. The lowest BCUT2D eigenvalue weighted by molar-refractivity contribution is 0.147. The number of ether oxygens (including phenoxy) is 1. The highest BCUT2D eigenvalue weighted by atomic mass is 19.3. The molecule has 68 valence electrons. The highest BCUT2D eigenvalue weighted by molar-refractivity contribution is 5.42. The van der Waals surface area contributed by atoms with E-state index < -0.39 is 6.43 Å². The lowest BCUT2D eigenvalue weighted by Gasteiger charge is -2.06. The molecule has 1 aromatic carbocycles. The number of benzene rings is 1. The lowest BCUT2D eigenvalue weighted by Crippen LogP contribution is -1.93. The van der Waals surface area contributed by atoms with Crippen molar-refractivity contribution < 1.29 is 13.5 Å². The molecule has 1 aromatic rings. The number of alkyl halides is 2. The molecule has 0 aliphatic rings. The molecule has 0 aromatic heterocycles. The van der Waals surface area contributed by atoms with Gasteiger partial charge in [-0.2, -0.15) is 5.26 Å². The van der Waals surface area contributed by atoms with Gasteiger partial charge >= 0.3 is 0 Å². The van der Waals surface area contributed by atoms with Crippen molar-refractivity contribution in [3.63, 3.8) is 0 Å². The Kier molecular flexibility index (Phi) is 2.80. The van der Waals surface area contributed by atoms with Crippen LogP contribution in [0.1, 0.15) is 17.6 Å². The Bertz CT molecular complexity index is 344. The minimum atomic E-state index is -2.62. The monoisotopic (exact) mass is 183 g/mol. The highest BCUT2D eigenvalue weighted by Crippen LogP contribution is 2.29. The fourth-order valence-electron chi connectivity index (χ4n) is 0.974. The van der Waals surface area contributed by atoms with Crippen molar-refractivity contribution in [2.45, 2.75) is 6.43 Å². The van der Waals surface area contributed by atoms with Crippen molar-refractivity contribution in [1.29, 1.82) is 5.26 Å². The average Bonchev–Trinajstić information content (AvgIpc) is 2.16. The molecule has 0 unspecified atom stereocenters. The largest absolute Gasteiger partial charge is 0.496 e. The molecular formula is C9H7F2NO. The molecule has 4 heteroatoms. The molecular weight excluding hydrogens is 176 g/mol. The highest BCUT2D eigenvalue weighted by Gasteiger charge is 2.13. The van der Waals surface area contributed by atoms with Crippen LogP contribution in [0, 0.1) is 11.3 Å². The van der Waals surface area contributed by atoms with Gasteiger partial charge in [0.15, 0.2) is 0 Å². The average molecular weight is 183 g/mol. The summed E-state index contributed by atoms with van der Waals surface area (Å²) in [6.45, 7) is 0. The second-order valence-electron chi connectivity index (χ2n) is 2.37. The first kappa shape index (κ1) is 9.46. The Balaban J connectivity index is 3.20. The molecule has 2 nitrogen and oxygen atoms in total. The molecule has 0 radical (unpaired) electrons. The maximum absolute atomic E-state index is 12.3. The van der Waals surface area contributed by atoms with Crippen molar-refractivity contribution in [2.75, 3.05) is 7.11 Å². The van der Waals surface area contributed by atoms with Gasteiger partial charge in [-0.15, -0.1) is 0 Å². The molecule has 0 heterocycles. The Labute approximate surface area is 74.4 Å². The first-order valence-corrected chi connectivity index (χ1v) is 3.55. The number of methoxy groups -OCH3 is 1. The molecule has 0 amide bonds. The Hall–Kier alpha value is -1.63. The lowest BCUT2D eigenvalue weighted by atomic mass is 10.1. The van der Waals surface area contributed by atoms with Gasteiger partial charge in [-0.1, -0.05) is 0 Å². The summed E-state index contributed by atoms with van der Waals surface area (Å²) in [5.74, 6) is 0.106. The number of nitriles is 1. The number of hydrogen-bond donors (Lipinski definition) is 0. The Morgan fingerprint density at radius 2 is 2.15 bits per heavy atom. The van der Waals surface area contributed by atoms with E-state index in [4.69, 9.17) is 10.00 Å². The van der Waals surface area contributed by atoms with Crippen LogP contribution in [0.2, 0.25) is 0 Å². The van der Waals surface area contributed by atoms with Crippen LogP contribution in [-0.4, -0.2) is 7.11 Å². The van der Waals surface area contributed by atoms with Gasteiger partial charge in [0.05, 0.1) is 24.3 Å². The second kappa shape index (κ2) is 3.85. The van der Waals surface area contributed by atoms with Gasteiger partial charge in [0.2, 0.25) is 0 Å². The van der Waals surface area contributed by atoms with Gasteiger partial charge < -0.3 is 4.74 Å². The third-order valence-electron chi connectivity index (χ3n) is 1.59. The van der Waals surface area contributed by atoms with Gasteiger partial charge in [0.1, 0.15) is 5.75 Å². The molecule has 0 bridgehead atoms. The third kappa shape index (κ3) is 1.94. The minimum absolute atomic E-state index is 0.106. The molecule has 0 atom stereocenters. The van der Waals surface area contributed by atoms with Crippen molar-refractivity contribution in [3.8, 4) is 11.8 Å². The van der Waals surface area contributed by atoms with E-state index in [0.717, 1.165) is 6.07 Å². The van der Waals surface area contributed by atoms with Gasteiger partial charge in [-0.3, -0.25) is 0 Å². The fourth-order valence-corrected chi connectivity index (χ4v) is 0.974. The van der Waals surface area contributed by atoms with Gasteiger partial charge in [-0.05, 0) is 18.2 Å². The van der Waals surface area contributed by atoms with Crippen LogP contribution < -0.4 is 4.74 Å². The van der Waals surface area contributed by atoms with E-state index in [1.807, 2.05) is 0 Å². The predicted octanol–water partition coefficient (Wildman–Crippen LogP) is 2.50. The van der Waals surface area contributed by atoms with E-state index in [9.17, 15) is 8.78 Å². The molecule has 0 aliphatic heterocycles. The van der Waals surface area contributed by atoms with Crippen LogP contribution in [0.15, 0.2) is 18.2 Å². The van der Waals surface area contributed by atoms with Crippen LogP contribution in [0.25, 0.3) is 0 Å². The molecule has 13 heavy (non-hydrogen) atoms. The van der Waals surface area contributed by atoms with E-state index >= 15 is 0 Å². The first-order chi connectivity index (χ1) is 6.19. The molecule has 0 fully saturated rings. The Morgan fingerprint density at radius 1 is 1.46 bits per heavy atom. The standard InChI is InChI=1S/C9H7F2NO/c1-13-8-3-2-6(5-12)4-7(8)9(10)11/h2-4,9H,1H3. The molecule has 0 saturated heterocycles. The predicted molar refractivity (Wildman–Crippen MR) is 42.7 cm³/mol. The first-order valence-electron chi connectivity index (χ1n) is 3.55. The molecule has 0 saturated carbocycles. The fraction of sp³-hybridized carbons (Fsp3) is 0.222. The number of rotatable bonds is 2. The smallest absolute Gasteiger partial charge is 0.267 e. The maximum atomic E-state index is 12.3. The Morgan fingerprint density at radius 3 is 2.62 bits per heavy atom. The third-order valence-corrected chi connectivity index (χ3v) is 1.59. The molecule has 0 spiro atoms. The normalized spacial score (nSPS) is 9.77. The van der Waals surface area contributed by atoms with Crippen molar-refractivity contribution in [1.82, 2.24) is 0 Å². The number of halogens is 2. The van der Waals surface area contributed by atoms with Crippen molar-refractivity contribution >= 4 is 0 Å². The minimum Gasteiger partial charge on any atom is -0.496 e. The quantitative estimate of drug-likeness (QED) is 0.705. The summed E-state index contributed by atoms with van der Waals surface area (Å²) >= 11 is 0. The van der Waals surface area contributed by atoms with E-state index in [-0.39, 0.29) is 16.9 Å². The SMILES string of the molecule is COc1ccc(C#N)cc1C(F)F. The molecule has 0 N–H and O–H groups in total. The molecule has 1 rings (SSSR count). The van der Waals surface area contributed by atoms with Crippen LogP contribution in [0.5, 0.6) is 5.75 Å². The zero-order valence-corrected chi connectivity index (χ0v) is 6.92. The van der Waals surface area contributed by atoms with E-state index in [1.54, 1.807) is 6.07 Å². The topological polar surface area (TPSA) is 33.0 Å².